The van der Waals surface area contributed by atoms with Gasteiger partial charge in [-0.2, -0.15) is 0 Å². The van der Waals surface area contributed by atoms with Crippen LogP contribution >= 0.6 is 0 Å². The number of likely N-dealkylation sites (tertiary alicyclic amines) is 1. The van der Waals surface area contributed by atoms with Gasteiger partial charge < -0.3 is 30.1 Å². The predicted molar refractivity (Wildman–Crippen MR) is 153 cm³/mol. The monoisotopic (exact) mass is 513 g/mol. The number of aryl methyl sites for hydroxylation is 1. The summed E-state index contributed by atoms with van der Waals surface area (Å²) in [7, 11) is 1.70. The first-order valence-electron chi connectivity index (χ1n) is 13.2. The largest absolute Gasteiger partial charge is 0.495 e. The van der Waals surface area contributed by atoms with Crippen molar-refractivity contribution in [1.29, 1.82) is 0 Å². The van der Waals surface area contributed by atoms with E-state index in [4.69, 9.17) is 4.74 Å². The summed E-state index contributed by atoms with van der Waals surface area (Å²) in [5.41, 5.74) is 4.95. The van der Waals surface area contributed by atoms with Crippen LogP contribution in [0.1, 0.15) is 28.8 Å². The number of amides is 3. The van der Waals surface area contributed by atoms with Crippen molar-refractivity contribution in [2.75, 3.05) is 66.8 Å². The summed E-state index contributed by atoms with van der Waals surface area (Å²) in [6.07, 6.45) is 2.05. The molecule has 0 saturated carbocycles. The van der Waals surface area contributed by atoms with Gasteiger partial charge in [0.1, 0.15) is 5.75 Å². The zero-order valence-electron chi connectivity index (χ0n) is 22.1. The van der Waals surface area contributed by atoms with Gasteiger partial charge in [0.2, 0.25) is 0 Å². The Bertz CT molecular complexity index is 1300. The molecule has 0 aliphatic carbocycles. The second-order valence-electron chi connectivity index (χ2n) is 9.77. The highest BCUT2D eigenvalue weighted by Crippen LogP contribution is 2.32. The number of hydrogen-bond donors (Lipinski definition) is 2. The average Bonchev–Trinajstić information content (AvgIpc) is 3.49. The Morgan fingerprint density at radius 2 is 1.42 bits per heavy atom. The maximum absolute atomic E-state index is 13.6. The molecule has 0 unspecified atom stereocenters. The number of rotatable bonds is 6. The lowest BCUT2D eigenvalue weighted by Gasteiger charge is -2.38. The molecular weight excluding hydrogens is 478 g/mol. The lowest BCUT2D eigenvalue weighted by molar-refractivity contribution is 0.0793. The molecule has 3 aromatic rings. The lowest BCUT2D eigenvalue weighted by Crippen LogP contribution is -2.47. The fourth-order valence-corrected chi connectivity index (χ4v) is 5.23. The normalized spacial score (nSPS) is 15.4. The van der Waals surface area contributed by atoms with Gasteiger partial charge in [0.25, 0.3) is 5.91 Å². The third kappa shape index (κ3) is 5.54. The first kappa shape index (κ1) is 25.4. The molecule has 0 atom stereocenters. The summed E-state index contributed by atoms with van der Waals surface area (Å²) in [4.78, 5) is 32.8. The van der Waals surface area contributed by atoms with Crippen LogP contribution in [0.3, 0.4) is 0 Å². The second-order valence-corrected chi connectivity index (χ2v) is 9.77. The lowest BCUT2D eigenvalue weighted by atomic mass is 10.1. The minimum atomic E-state index is -0.336. The Morgan fingerprint density at radius 3 is 2.13 bits per heavy atom. The van der Waals surface area contributed by atoms with Crippen molar-refractivity contribution in [3.8, 4) is 5.75 Å². The molecule has 5 rings (SSSR count). The molecule has 2 N–H and O–H groups in total. The van der Waals surface area contributed by atoms with Crippen LogP contribution in [0.2, 0.25) is 0 Å². The number of nitrogens with one attached hydrogen (secondary N) is 2. The summed E-state index contributed by atoms with van der Waals surface area (Å²) in [6.45, 7) is 6.67. The Kier molecular flexibility index (Phi) is 7.67. The summed E-state index contributed by atoms with van der Waals surface area (Å²) >= 11 is 0. The van der Waals surface area contributed by atoms with E-state index >= 15 is 0 Å². The molecular formula is C30H35N5O3. The van der Waals surface area contributed by atoms with Crippen molar-refractivity contribution in [1.82, 2.24) is 4.90 Å². The maximum Gasteiger partial charge on any atom is 0.323 e. The predicted octanol–water partition coefficient (Wildman–Crippen LogP) is 5.21. The molecule has 3 aromatic carbocycles. The Morgan fingerprint density at radius 1 is 0.763 bits per heavy atom. The van der Waals surface area contributed by atoms with E-state index in [1.807, 2.05) is 72.5 Å². The molecule has 2 aliphatic heterocycles. The second kappa shape index (κ2) is 11.5. The molecule has 198 valence electrons. The fourth-order valence-electron chi connectivity index (χ4n) is 5.23. The molecule has 0 aromatic heterocycles. The number of nitrogens with zero attached hydrogens (tertiary/aromatic N) is 3. The Hall–Kier alpha value is -4.20. The van der Waals surface area contributed by atoms with E-state index in [2.05, 4.69) is 26.5 Å². The summed E-state index contributed by atoms with van der Waals surface area (Å²) in [6, 6.07) is 21.0. The maximum atomic E-state index is 13.6. The van der Waals surface area contributed by atoms with Gasteiger partial charge in [-0.25, -0.2) is 4.79 Å². The van der Waals surface area contributed by atoms with Crippen LogP contribution in [-0.2, 0) is 0 Å². The van der Waals surface area contributed by atoms with Crippen LogP contribution in [0.5, 0.6) is 5.75 Å². The molecule has 0 radical (unpaired) electrons. The first-order chi connectivity index (χ1) is 18.5. The van der Waals surface area contributed by atoms with Gasteiger partial charge in [0.15, 0.2) is 0 Å². The summed E-state index contributed by atoms with van der Waals surface area (Å²) < 4.78 is 5.56. The van der Waals surface area contributed by atoms with Crippen molar-refractivity contribution in [3.05, 3.63) is 77.9 Å². The molecule has 2 fully saturated rings. The van der Waals surface area contributed by atoms with Gasteiger partial charge >= 0.3 is 6.03 Å². The van der Waals surface area contributed by atoms with Crippen molar-refractivity contribution in [2.24, 2.45) is 0 Å². The standard InChI is InChI=1S/C30H35N5O3/c1-22-9-3-4-10-25(22)32-30(37)31-23-13-14-26(24(21-23)29(36)35-15-7-8-16-35)33-17-19-34(20-18-33)27-11-5-6-12-28(27)38-2/h3-6,9-14,21H,7-8,15-20H2,1-2H3,(H2,31,32,37). The van der Waals surface area contributed by atoms with Crippen molar-refractivity contribution in [3.63, 3.8) is 0 Å². The highest BCUT2D eigenvalue weighted by molar-refractivity contribution is 6.04. The number of carbonyl (C=O) groups excluding carboxylic acids is 2. The van der Waals surface area contributed by atoms with Crippen molar-refractivity contribution >= 4 is 34.7 Å². The first-order valence-corrected chi connectivity index (χ1v) is 13.2. The Labute approximate surface area is 224 Å². The quantitative estimate of drug-likeness (QED) is 0.473. The smallest absolute Gasteiger partial charge is 0.323 e. The van der Waals surface area contributed by atoms with Crippen LogP contribution in [0.15, 0.2) is 66.7 Å². The molecule has 2 saturated heterocycles. The molecule has 2 aliphatic rings. The van der Waals surface area contributed by atoms with Gasteiger partial charge in [-0.1, -0.05) is 30.3 Å². The number of ether oxygens (including phenoxy) is 1. The fraction of sp³-hybridized carbons (Fsp3) is 0.333. The molecule has 8 heteroatoms. The van der Waals surface area contributed by atoms with Gasteiger partial charge in [0.05, 0.1) is 18.4 Å². The highest BCUT2D eigenvalue weighted by atomic mass is 16.5. The number of para-hydroxylation sites is 3. The van der Waals surface area contributed by atoms with E-state index in [1.54, 1.807) is 7.11 Å². The number of piperazine rings is 1. The van der Waals surface area contributed by atoms with Crippen LogP contribution < -0.4 is 25.2 Å². The molecule has 0 spiro atoms. The summed E-state index contributed by atoms with van der Waals surface area (Å²) in [5.74, 6) is 0.887. The van der Waals surface area contributed by atoms with Gasteiger partial charge in [-0.3, -0.25) is 4.79 Å². The van der Waals surface area contributed by atoms with Crippen LogP contribution in [0.4, 0.5) is 27.5 Å². The number of urea groups is 1. The molecule has 0 bridgehead atoms. The van der Waals surface area contributed by atoms with Gasteiger partial charge in [-0.05, 0) is 61.7 Å². The molecule has 3 amide bonds. The van der Waals surface area contributed by atoms with E-state index in [9.17, 15) is 9.59 Å². The Balaban J connectivity index is 1.34. The zero-order valence-corrected chi connectivity index (χ0v) is 22.1. The number of benzene rings is 3. The molecule has 38 heavy (non-hydrogen) atoms. The topological polar surface area (TPSA) is 77.1 Å². The van der Waals surface area contributed by atoms with Gasteiger partial charge in [-0.15, -0.1) is 0 Å². The SMILES string of the molecule is COc1ccccc1N1CCN(c2ccc(NC(=O)Nc3ccccc3C)cc2C(=O)N2CCCC2)CC1. The van der Waals surface area contributed by atoms with Crippen LogP contribution in [-0.4, -0.2) is 63.2 Å². The van der Waals surface area contributed by atoms with E-state index in [-0.39, 0.29) is 11.9 Å². The number of methoxy groups -OCH3 is 1. The summed E-state index contributed by atoms with van der Waals surface area (Å²) in [5, 5.41) is 5.81. The zero-order chi connectivity index (χ0) is 26.5. The van der Waals surface area contributed by atoms with E-state index in [0.29, 0.717) is 11.3 Å². The molecule has 2 heterocycles. The van der Waals surface area contributed by atoms with E-state index in [1.165, 1.54) is 0 Å². The average molecular weight is 514 g/mol. The van der Waals surface area contributed by atoms with Crippen LogP contribution in [0.25, 0.3) is 0 Å². The van der Waals surface area contributed by atoms with E-state index in [0.717, 1.165) is 80.5 Å². The highest BCUT2D eigenvalue weighted by Gasteiger charge is 2.27. The van der Waals surface area contributed by atoms with Crippen molar-refractivity contribution in [2.45, 2.75) is 19.8 Å². The number of carbonyl (C=O) groups is 2. The van der Waals surface area contributed by atoms with E-state index < -0.39 is 0 Å². The minimum Gasteiger partial charge on any atom is -0.495 e. The van der Waals surface area contributed by atoms with Crippen LogP contribution in [0, 0.1) is 6.92 Å². The third-order valence-corrected chi connectivity index (χ3v) is 7.32. The number of hydrogen-bond acceptors (Lipinski definition) is 5. The van der Waals surface area contributed by atoms with Gasteiger partial charge in [0, 0.05) is 56.3 Å². The molecule has 8 nitrogen and oxygen atoms in total. The van der Waals surface area contributed by atoms with Crippen molar-refractivity contribution < 1.29 is 14.3 Å². The minimum absolute atomic E-state index is 0.0209. The number of anilines is 4. The third-order valence-electron chi connectivity index (χ3n) is 7.32.